The molecule has 2 amide bonds. The third-order valence-electron chi connectivity index (χ3n) is 7.22. The van der Waals surface area contributed by atoms with Crippen LogP contribution in [0.2, 0.25) is 0 Å². The van der Waals surface area contributed by atoms with Crippen molar-refractivity contribution < 1.29 is 14.0 Å². The molecule has 6 heteroatoms. The fraction of sp³-hybridized carbons (Fsp3) is 0.444. The highest BCUT2D eigenvalue weighted by Crippen LogP contribution is 2.32. The van der Waals surface area contributed by atoms with Gasteiger partial charge in [-0.2, -0.15) is 0 Å². The zero-order chi connectivity index (χ0) is 22.8. The van der Waals surface area contributed by atoms with Gasteiger partial charge in [0.15, 0.2) is 11.5 Å². The van der Waals surface area contributed by atoms with Crippen molar-refractivity contribution in [1.82, 2.24) is 15.2 Å². The third kappa shape index (κ3) is 4.80. The smallest absolute Gasteiger partial charge is 0.222 e. The van der Waals surface area contributed by atoms with E-state index in [1.807, 2.05) is 29.2 Å². The van der Waals surface area contributed by atoms with Gasteiger partial charge in [0.1, 0.15) is 5.52 Å². The van der Waals surface area contributed by atoms with Crippen molar-refractivity contribution in [2.75, 3.05) is 13.1 Å². The molecule has 3 heterocycles. The maximum absolute atomic E-state index is 13.0. The van der Waals surface area contributed by atoms with Gasteiger partial charge in [-0.1, -0.05) is 42.0 Å². The lowest BCUT2D eigenvalue weighted by Crippen LogP contribution is -2.45. The molecule has 1 N–H and O–H groups in total. The van der Waals surface area contributed by atoms with E-state index in [0.29, 0.717) is 19.3 Å². The maximum Gasteiger partial charge on any atom is 0.222 e. The number of para-hydroxylation sites is 2. The number of rotatable bonds is 6. The van der Waals surface area contributed by atoms with Crippen molar-refractivity contribution in [1.29, 1.82) is 0 Å². The standard InChI is InChI=1S/C27H31N3O3/c1-19-6-8-20(9-7-19)18-27(14-10-24(31)29-27)15-11-25(32)30-16-12-21(13-17-30)26-28-22-4-2-3-5-23(22)33-26/h2-9,21H,10-18H2,1H3,(H,29,31). The molecule has 0 aliphatic carbocycles. The molecule has 0 saturated carbocycles. The lowest BCUT2D eigenvalue weighted by Gasteiger charge is -2.33. The predicted octanol–water partition coefficient (Wildman–Crippen LogP) is 4.51. The summed E-state index contributed by atoms with van der Waals surface area (Å²) in [5, 5.41) is 3.20. The van der Waals surface area contributed by atoms with Gasteiger partial charge < -0.3 is 14.6 Å². The molecule has 6 nitrogen and oxygen atoms in total. The largest absolute Gasteiger partial charge is 0.440 e. The van der Waals surface area contributed by atoms with Crippen molar-refractivity contribution in [2.24, 2.45) is 0 Å². The summed E-state index contributed by atoms with van der Waals surface area (Å²) in [6.07, 6.45) is 4.96. The zero-order valence-corrected chi connectivity index (χ0v) is 19.2. The Morgan fingerprint density at radius 2 is 1.91 bits per heavy atom. The van der Waals surface area contributed by atoms with E-state index in [2.05, 4.69) is 41.5 Å². The molecule has 2 fully saturated rings. The van der Waals surface area contributed by atoms with Gasteiger partial charge in [0, 0.05) is 37.4 Å². The molecule has 33 heavy (non-hydrogen) atoms. The predicted molar refractivity (Wildman–Crippen MR) is 127 cm³/mol. The minimum absolute atomic E-state index is 0.0914. The second-order valence-electron chi connectivity index (χ2n) is 9.67. The molecule has 0 radical (unpaired) electrons. The molecule has 3 aromatic rings. The molecular formula is C27H31N3O3. The van der Waals surface area contributed by atoms with Gasteiger partial charge in [0.05, 0.1) is 0 Å². The zero-order valence-electron chi connectivity index (χ0n) is 19.2. The van der Waals surface area contributed by atoms with Crippen LogP contribution in [0.4, 0.5) is 0 Å². The molecule has 1 unspecified atom stereocenters. The van der Waals surface area contributed by atoms with Crippen LogP contribution in [0.5, 0.6) is 0 Å². The normalized spacial score (nSPS) is 21.5. The van der Waals surface area contributed by atoms with Gasteiger partial charge in [-0.05, 0) is 56.7 Å². The highest BCUT2D eigenvalue weighted by atomic mass is 16.3. The molecule has 0 bridgehead atoms. The van der Waals surface area contributed by atoms with Crippen LogP contribution in [0.3, 0.4) is 0 Å². The number of hydrogen-bond donors (Lipinski definition) is 1. The van der Waals surface area contributed by atoms with E-state index in [0.717, 1.165) is 55.8 Å². The van der Waals surface area contributed by atoms with E-state index in [1.165, 1.54) is 11.1 Å². The van der Waals surface area contributed by atoms with Crippen LogP contribution in [0, 0.1) is 6.92 Å². The van der Waals surface area contributed by atoms with Crippen molar-refractivity contribution in [2.45, 2.75) is 63.3 Å². The molecule has 1 atom stereocenters. The molecular weight excluding hydrogens is 414 g/mol. The topological polar surface area (TPSA) is 75.4 Å². The number of piperidine rings is 1. The molecule has 2 saturated heterocycles. The Bertz CT molecular complexity index is 1110. The minimum atomic E-state index is -0.321. The van der Waals surface area contributed by atoms with Gasteiger partial charge in [-0.15, -0.1) is 0 Å². The summed E-state index contributed by atoms with van der Waals surface area (Å²) in [4.78, 5) is 31.7. The van der Waals surface area contributed by atoms with Gasteiger partial charge >= 0.3 is 0 Å². The summed E-state index contributed by atoms with van der Waals surface area (Å²) >= 11 is 0. The Balaban J connectivity index is 1.17. The maximum atomic E-state index is 13.0. The molecule has 5 rings (SSSR count). The highest BCUT2D eigenvalue weighted by Gasteiger charge is 2.38. The van der Waals surface area contributed by atoms with E-state index in [9.17, 15) is 9.59 Å². The Hall–Kier alpha value is -3.15. The van der Waals surface area contributed by atoms with Crippen LogP contribution >= 0.6 is 0 Å². The number of aromatic nitrogens is 1. The quantitative estimate of drug-likeness (QED) is 0.606. The molecule has 1 aromatic heterocycles. The second kappa shape index (κ2) is 9.00. The van der Waals surface area contributed by atoms with Crippen molar-refractivity contribution >= 4 is 22.9 Å². The van der Waals surface area contributed by atoms with Crippen molar-refractivity contribution in [3.63, 3.8) is 0 Å². The fourth-order valence-corrected chi connectivity index (χ4v) is 5.22. The Morgan fingerprint density at radius 1 is 1.15 bits per heavy atom. The summed E-state index contributed by atoms with van der Waals surface area (Å²) in [6.45, 7) is 3.52. The first-order valence-electron chi connectivity index (χ1n) is 12.0. The number of nitrogens with zero attached hydrogens (tertiary/aromatic N) is 2. The SMILES string of the molecule is Cc1ccc(CC2(CCC(=O)N3CCC(c4nc5ccccc5o4)CC3)CCC(=O)N2)cc1. The van der Waals surface area contributed by atoms with Crippen molar-refractivity contribution in [3.05, 3.63) is 65.5 Å². The third-order valence-corrected chi connectivity index (χ3v) is 7.22. The number of nitrogens with one attached hydrogen (secondary N) is 1. The highest BCUT2D eigenvalue weighted by molar-refractivity contribution is 5.80. The number of carbonyl (C=O) groups is 2. The van der Waals surface area contributed by atoms with E-state index in [1.54, 1.807) is 0 Å². The average molecular weight is 446 g/mol. The number of fused-ring (bicyclic) bond motifs is 1. The number of hydrogen-bond acceptors (Lipinski definition) is 4. The van der Waals surface area contributed by atoms with Gasteiger partial charge in [0.25, 0.3) is 0 Å². The Morgan fingerprint density at radius 3 is 2.61 bits per heavy atom. The van der Waals surface area contributed by atoms with Crippen LogP contribution in [0.1, 0.15) is 61.5 Å². The van der Waals surface area contributed by atoms with E-state index in [-0.39, 0.29) is 23.3 Å². The Kier molecular flexibility index (Phi) is 5.92. The summed E-state index contributed by atoms with van der Waals surface area (Å²) in [6, 6.07) is 16.3. The Labute approximate surface area is 194 Å². The number of carbonyl (C=O) groups excluding carboxylic acids is 2. The second-order valence-corrected chi connectivity index (χ2v) is 9.67. The van der Waals surface area contributed by atoms with Crippen LogP contribution in [-0.2, 0) is 16.0 Å². The summed E-state index contributed by atoms with van der Waals surface area (Å²) < 4.78 is 5.95. The van der Waals surface area contributed by atoms with Crippen LogP contribution in [0.25, 0.3) is 11.1 Å². The first-order valence-corrected chi connectivity index (χ1v) is 12.0. The van der Waals surface area contributed by atoms with Crippen molar-refractivity contribution in [3.8, 4) is 0 Å². The molecule has 172 valence electrons. The number of amides is 2. The number of likely N-dealkylation sites (tertiary alicyclic amines) is 1. The lowest BCUT2D eigenvalue weighted by atomic mass is 9.84. The van der Waals surface area contributed by atoms with Crippen LogP contribution in [0.15, 0.2) is 52.9 Å². The first kappa shape index (κ1) is 21.7. The number of aryl methyl sites for hydroxylation is 1. The lowest BCUT2D eigenvalue weighted by molar-refractivity contribution is -0.133. The molecule has 2 aliphatic rings. The van der Waals surface area contributed by atoms with Gasteiger partial charge in [-0.3, -0.25) is 9.59 Å². The summed E-state index contributed by atoms with van der Waals surface area (Å²) in [7, 11) is 0. The molecule has 2 aromatic carbocycles. The van der Waals surface area contributed by atoms with Gasteiger partial charge in [-0.25, -0.2) is 4.98 Å². The van der Waals surface area contributed by atoms with Crippen LogP contribution < -0.4 is 5.32 Å². The van der Waals surface area contributed by atoms with E-state index in [4.69, 9.17) is 4.42 Å². The number of oxazole rings is 1. The number of benzene rings is 2. The van der Waals surface area contributed by atoms with Crippen LogP contribution in [-0.4, -0.2) is 40.3 Å². The first-order chi connectivity index (χ1) is 16.0. The van der Waals surface area contributed by atoms with E-state index < -0.39 is 0 Å². The minimum Gasteiger partial charge on any atom is -0.440 e. The monoisotopic (exact) mass is 445 g/mol. The summed E-state index contributed by atoms with van der Waals surface area (Å²) in [5.74, 6) is 1.31. The average Bonchev–Trinajstić information content (AvgIpc) is 3.43. The molecule has 0 spiro atoms. The summed E-state index contributed by atoms with van der Waals surface area (Å²) in [5.41, 5.74) is 3.82. The molecule has 2 aliphatic heterocycles. The fourth-order valence-electron chi connectivity index (χ4n) is 5.22. The van der Waals surface area contributed by atoms with E-state index >= 15 is 0 Å². The van der Waals surface area contributed by atoms with Gasteiger partial charge in [0.2, 0.25) is 11.8 Å².